The number of carbonyl (C=O) groups excluding carboxylic acids is 5. The van der Waals surface area contributed by atoms with Gasteiger partial charge in [0.25, 0.3) is 5.91 Å². The van der Waals surface area contributed by atoms with E-state index in [-0.39, 0.29) is 23.9 Å². The number of amides is 1. The highest BCUT2D eigenvalue weighted by molar-refractivity contribution is 5.97. The number of H-pyrrole nitrogens is 2. The third kappa shape index (κ3) is 10.3. The number of nitrogens with zero attached hydrogens (tertiary/aromatic N) is 6. The number of nitrogens with two attached hydrogens (primary N) is 1. The number of fused-ring (bicyclic) bond motifs is 12. The van der Waals surface area contributed by atoms with Crippen molar-refractivity contribution in [1.29, 1.82) is 0 Å². The molecule has 2 saturated carbocycles. The molecule has 2 aliphatic carbocycles. The summed E-state index contributed by atoms with van der Waals surface area (Å²) < 4.78 is 36.2. The summed E-state index contributed by atoms with van der Waals surface area (Å²) in [5.74, 6) is -2.56. The summed E-state index contributed by atoms with van der Waals surface area (Å²) in [6, 6.07) is 22.0. The number of anilines is 2. The number of hydrogen-bond acceptors (Lipinski definition) is 22. The lowest BCUT2D eigenvalue weighted by molar-refractivity contribution is -0.228. The summed E-state index contributed by atoms with van der Waals surface area (Å²) in [7, 11) is 11.0. The number of likely N-dealkylation sites (N-methyl/N-ethyl adjacent to an activating group) is 2. The fraction of sp³-hybridized carbons (Fsp3) is 0.584. The average molecular weight is 1560 g/mol. The Morgan fingerprint density at radius 2 is 0.965 bits per heavy atom. The summed E-state index contributed by atoms with van der Waals surface area (Å²) in [6.07, 6.45) is 11.7. The van der Waals surface area contributed by atoms with Crippen LogP contribution in [0.2, 0.25) is 0 Å². The molecule has 1 amide bonds. The lowest BCUT2D eigenvalue weighted by Crippen LogP contribution is -2.81. The molecular weight excluding hydrogens is 1450 g/mol. The lowest BCUT2D eigenvalue weighted by Gasteiger charge is -2.63. The summed E-state index contributed by atoms with van der Waals surface area (Å²) in [6.45, 7) is 16.0. The second-order valence-electron chi connectivity index (χ2n) is 35.7. The van der Waals surface area contributed by atoms with Gasteiger partial charge in [-0.05, 0) is 148 Å². The topological polar surface area (TPSA) is 319 Å². The van der Waals surface area contributed by atoms with E-state index in [2.05, 4.69) is 66.0 Å². The third-order valence-corrected chi connectivity index (χ3v) is 30.8. The van der Waals surface area contributed by atoms with E-state index >= 15 is 9.59 Å². The fourth-order valence-corrected chi connectivity index (χ4v) is 26.6. The number of rotatable bonds is 13. The molecule has 20 atom stereocenters. The normalized spacial score (nSPS) is 37.9. The molecule has 25 nitrogen and oxygen atoms in total. The molecule has 4 bridgehead atoms. The van der Waals surface area contributed by atoms with Crippen molar-refractivity contribution in [3.05, 3.63) is 142 Å². The maximum Gasteiger partial charge on any atom is 0.344 e. The highest BCUT2D eigenvalue weighted by Crippen LogP contribution is 2.71. The van der Waals surface area contributed by atoms with Crippen molar-refractivity contribution in [2.24, 2.45) is 28.4 Å². The zero-order valence-electron chi connectivity index (χ0n) is 67.9. The van der Waals surface area contributed by atoms with Gasteiger partial charge in [0, 0.05) is 175 Å². The quantitative estimate of drug-likeness (QED) is 0.0338. The number of methoxy groups -OCH3 is 5. The molecule has 6 fully saturated rings. The molecule has 12 aliphatic rings. The minimum Gasteiger partial charge on any atom is -0.496 e. The Morgan fingerprint density at radius 3 is 1.38 bits per heavy atom. The van der Waals surface area contributed by atoms with E-state index in [4.69, 9.17) is 34.2 Å². The molecule has 114 heavy (non-hydrogen) atoms. The van der Waals surface area contributed by atoms with Gasteiger partial charge in [0.1, 0.15) is 28.4 Å². The Kier molecular flexibility index (Phi) is 18.8. The Balaban J connectivity index is 0.000000165. The van der Waals surface area contributed by atoms with Gasteiger partial charge in [0.15, 0.2) is 11.7 Å². The molecule has 25 heteroatoms. The first-order chi connectivity index (χ1) is 54.5. The van der Waals surface area contributed by atoms with Gasteiger partial charge in [-0.3, -0.25) is 38.8 Å². The van der Waals surface area contributed by atoms with Crippen LogP contribution in [0.4, 0.5) is 11.4 Å². The van der Waals surface area contributed by atoms with E-state index in [1.807, 2.05) is 112 Å². The standard InChI is InChI=1S/C46H58N4O9.C43H55N5O7/c1-8-42(54)23-28-24-45(40(52)57-6,36-30(15-19-49(25-28)26-42)29-13-10-11-14-33(29)47-36)32-21-31-34(22-35(32)56-5)48(4)38-44(31)17-20-50-18-12-16-43(9-2,37(44)50)39(59-27(3)51)46(38,55)41(53)58-7;1-6-39(52)21-25-22-42(38(51)55-5,33-27(13-17-47(23-25)24-39)26-11-8-9-12-30(26)45-33)29-19-28-31(20-32(29)54-4)46(3)35-41(28)15-18-48-16-10-14-40(7-2,34(41)48)36(49)43(35,53)37(44)50/h10-14,16,21-22,28,37-39,47,54-55H,8-9,15,17-20,23-26H2,1-7H3;8-12,14,19-20,25,34-36,45,49,52-53H,6-7,13,15-18,21-24H2,1-5H3,(H2,44,50)/t28-,37-,38+,39+,42-,43+,44+,45-,46-;25-,34+,35-,36-,39+,40-,41-,42+,43+/m01/s1. The summed E-state index contributed by atoms with van der Waals surface area (Å²) >= 11 is 0. The number of benzene rings is 4. The number of primary amides is 1. The average Bonchev–Trinajstić information content (AvgIpc) is 1.48. The molecule has 6 aromatic rings. The number of ether oxygens (including phenoxy) is 6. The molecule has 610 valence electrons. The van der Waals surface area contributed by atoms with Crippen molar-refractivity contribution in [2.75, 3.05) is 125 Å². The summed E-state index contributed by atoms with van der Waals surface area (Å²) in [5.41, 5.74) is 3.10. The van der Waals surface area contributed by atoms with E-state index in [1.54, 1.807) is 14.2 Å². The number of aromatic nitrogens is 2. The summed E-state index contributed by atoms with van der Waals surface area (Å²) in [4.78, 5) is 92.4. The Labute approximate surface area is 666 Å². The van der Waals surface area contributed by atoms with E-state index in [9.17, 15) is 39.9 Å². The van der Waals surface area contributed by atoms with Crippen LogP contribution in [-0.2, 0) is 77.4 Å². The maximum atomic E-state index is 15.3. The Morgan fingerprint density at radius 1 is 0.535 bits per heavy atom. The van der Waals surface area contributed by atoms with Crippen LogP contribution in [0.15, 0.2) is 97.1 Å². The number of aromatic amines is 2. The van der Waals surface area contributed by atoms with Gasteiger partial charge < -0.3 is 79.5 Å². The van der Waals surface area contributed by atoms with E-state index in [1.165, 1.54) is 28.3 Å². The number of hydrogen-bond donors (Lipinski definition) is 8. The monoisotopic (exact) mass is 1560 g/mol. The van der Waals surface area contributed by atoms with E-state index < -0.39 is 109 Å². The van der Waals surface area contributed by atoms with Crippen LogP contribution < -0.4 is 25.0 Å². The van der Waals surface area contributed by atoms with Crippen LogP contribution in [0.5, 0.6) is 11.5 Å². The number of esters is 4. The first kappa shape index (κ1) is 78.2. The zero-order chi connectivity index (χ0) is 80.7. The first-order valence-electron chi connectivity index (χ1n) is 41.2. The Bertz CT molecular complexity index is 4980. The smallest absolute Gasteiger partial charge is 0.344 e. The van der Waals surface area contributed by atoms with Crippen LogP contribution in [0.1, 0.15) is 144 Å². The van der Waals surface area contributed by atoms with Gasteiger partial charge in [0.05, 0.1) is 58.8 Å². The SMILES string of the molecule is CC[C@]1(O)C[C@@H]2C[N@@](CCc3c([nH]c4ccccc34)[C@@](C(=O)OC)(c3cc4c(cc3OC)N(C)[C@H]3[C@@](O)(C(=O)OC)[C@H](OC(C)=O)[C@]5(CC)C=CCN6CC[C@]43[C@@H]65)C2)C1.CC[C@]1(O)C[C@H]2C[N@](CCc3c([nH]c4ccccc34)[C@@](C(=O)OC)(c3cc4c(cc3OC)N(C)[C@H]3[C@@](O)(C(N)=O)[C@H](O)[C@]5(CC)C=CCN6CC[C@]43[C@@H]65)C2)C1. The molecule has 2 aromatic heterocycles. The molecule has 0 unspecified atom stereocenters. The first-order valence-corrected chi connectivity index (χ1v) is 41.2. The number of para-hydroxylation sites is 2. The van der Waals surface area contributed by atoms with Gasteiger partial charge >= 0.3 is 23.9 Å². The molecule has 0 radical (unpaired) electrons. The van der Waals surface area contributed by atoms with Crippen molar-refractivity contribution in [3.8, 4) is 11.5 Å². The second kappa shape index (κ2) is 27.4. The highest BCUT2D eigenvalue weighted by Gasteiger charge is 2.82. The lowest BCUT2D eigenvalue weighted by atomic mass is 9.47. The van der Waals surface area contributed by atoms with E-state index in [0.29, 0.717) is 152 Å². The van der Waals surface area contributed by atoms with Crippen LogP contribution in [0.3, 0.4) is 0 Å². The predicted molar refractivity (Wildman–Crippen MR) is 428 cm³/mol. The van der Waals surface area contributed by atoms with Gasteiger partial charge in [-0.25, -0.2) is 4.79 Å². The molecule has 12 heterocycles. The van der Waals surface area contributed by atoms with E-state index in [0.717, 1.165) is 79.9 Å². The molecule has 10 aliphatic heterocycles. The van der Waals surface area contributed by atoms with Crippen molar-refractivity contribution in [2.45, 2.75) is 192 Å². The van der Waals surface area contributed by atoms with Crippen molar-refractivity contribution < 1.29 is 77.9 Å². The van der Waals surface area contributed by atoms with Crippen LogP contribution >= 0.6 is 0 Å². The minimum absolute atomic E-state index is 0.0790. The van der Waals surface area contributed by atoms with Crippen molar-refractivity contribution in [3.63, 3.8) is 0 Å². The molecule has 9 N–H and O–H groups in total. The third-order valence-electron chi connectivity index (χ3n) is 30.8. The highest BCUT2D eigenvalue weighted by atomic mass is 16.6. The zero-order valence-corrected chi connectivity index (χ0v) is 67.9. The number of aliphatic hydroxyl groups is 5. The van der Waals surface area contributed by atoms with Crippen LogP contribution in [0, 0.1) is 22.7 Å². The maximum absolute atomic E-state index is 15.3. The molecule has 4 saturated heterocycles. The minimum atomic E-state index is -2.30. The number of aliphatic hydroxyl groups excluding tert-OH is 1. The fourth-order valence-electron chi connectivity index (χ4n) is 26.6. The van der Waals surface area contributed by atoms with Crippen LogP contribution in [0.25, 0.3) is 21.8 Å². The summed E-state index contributed by atoms with van der Waals surface area (Å²) in [5, 5.41) is 64.3. The predicted octanol–water partition coefficient (Wildman–Crippen LogP) is 6.72. The van der Waals surface area contributed by atoms with Gasteiger partial charge in [-0.1, -0.05) is 88.4 Å². The van der Waals surface area contributed by atoms with Crippen molar-refractivity contribution in [1.82, 2.24) is 29.6 Å². The molecule has 4 aromatic carbocycles. The van der Waals surface area contributed by atoms with Crippen molar-refractivity contribution >= 4 is 63.0 Å². The van der Waals surface area contributed by atoms with Crippen LogP contribution in [-0.4, -0.2) is 259 Å². The molecule has 2 spiro atoms. The number of carbonyl (C=O) groups is 5. The molecular formula is C89H113N9O16. The van der Waals surface area contributed by atoms with Gasteiger partial charge in [-0.15, -0.1) is 0 Å². The van der Waals surface area contributed by atoms with Gasteiger partial charge in [0.2, 0.25) is 5.60 Å². The molecule has 18 rings (SSSR count). The van der Waals surface area contributed by atoms with Gasteiger partial charge in [-0.2, -0.15) is 0 Å². The second-order valence-corrected chi connectivity index (χ2v) is 35.7. The largest absolute Gasteiger partial charge is 0.496 e. The Hall–Kier alpha value is -8.37. The number of nitrogens with one attached hydrogen (secondary N) is 2. The number of piperidine rings is 2.